The third-order valence-electron chi connectivity index (χ3n) is 5.59. The van der Waals surface area contributed by atoms with Crippen LogP contribution in [0.1, 0.15) is 19.2 Å². The molecule has 0 amide bonds. The molecule has 0 saturated carbocycles. The van der Waals surface area contributed by atoms with Crippen molar-refractivity contribution in [2.75, 3.05) is 18.5 Å². The molecule has 30 heavy (non-hydrogen) atoms. The molecule has 0 saturated heterocycles. The number of para-hydroxylation sites is 2. The average molecular weight is 398 g/mol. The summed E-state index contributed by atoms with van der Waals surface area (Å²) in [6.45, 7) is 2.44. The Hall–Kier alpha value is -3.37. The van der Waals surface area contributed by atoms with Gasteiger partial charge in [0.15, 0.2) is 0 Å². The number of aliphatic hydroxyl groups is 1. The Kier molecular flexibility index (Phi) is 5.68. The SMILES string of the molecule is CCC(O)(CN(C)c1ccccc1)c1nccn1-c1ccccc1-c1ccccc1. The first-order chi connectivity index (χ1) is 14.6. The van der Waals surface area contributed by atoms with Crippen molar-refractivity contribution < 1.29 is 5.11 Å². The van der Waals surface area contributed by atoms with Crippen LogP contribution in [0, 0.1) is 0 Å². The van der Waals surface area contributed by atoms with Crippen LogP contribution in [0.4, 0.5) is 5.69 Å². The number of rotatable bonds is 7. The molecule has 0 aliphatic carbocycles. The zero-order chi connectivity index (χ0) is 21.0. The molecule has 1 heterocycles. The second kappa shape index (κ2) is 8.56. The van der Waals surface area contributed by atoms with E-state index in [0.29, 0.717) is 18.8 Å². The first-order valence-electron chi connectivity index (χ1n) is 10.3. The van der Waals surface area contributed by atoms with Gasteiger partial charge in [-0.1, -0.05) is 73.7 Å². The van der Waals surface area contributed by atoms with Crippen LogP contribution in [-0.4, -0.2) is 28.3 Å². The highest BCUT2D eigenvalue weighted by molar-refractivity contribution is 5.73. The van der Waals surface area contributed by atoms with Crippen molar-refractivity contribution in [3.05, 3.63) is 103 Å². The van der Waals surface area contributed by atoms with E-state index in [2.05, 4.69) is 34.1 Å². The molecule has 3 aromatic carbocycles. The minimum Gasteiger partial charge on any atom is -0.380 e. The van der Waals surface area contributed by atoms with Gasteiger partial charge in [-0.3, -0.25) is 0 Å². The molecule has 0 radical (unpaired) electrons. The number of likely N-dealkylation sites (N-methyl/N-ethyl adjacent to an activating group) is 1. The number of hydrogen-bond donors (Lipinski definition) is 1. The number of imidazole rings is 1. The summed E-state index contributed by atoms with van der Waals surface area (Å²) in [6, 6.07) is 28.7. The summed E-state index contributed by atoms with van der Waals surface area (Å²) in [4.78, 5) is 6.68. The first-order valence-corrected chi connectivity index (χ1v) is 10.3. The number of hydrogen-bond acceptors (Lipinski definition) is 3. The second-order valence-corrected chi connectivity index (χ2v) is 7.58. The van der Waals surface area contributed by atoms with Crippen molar-refractivity contribution in [1.82, 2.24) is 9.55 Å². The molecule has 4 nitrogen and oxygen atoms in total. The lowest BCUT2D eigenvalue weighted by Gasteiger charge is -2.33. The van der Waals surface area contributed by atoms with Gasteiger partial charge in [-0.05, 0) is 30.2 Å². The highest BCUT2D eigenvalue weighted by atomic mass is 16.3. The van der Waals surface area contributed by atoms with E-state index in [1.165, 1.54) is 0 Å². The molecule has 152 valence electrons. The maximum atomic E-state index is 11.7. The van der Waals surface area contributed by atoms with Gasteiger partial charge < -0.3 is 14.6 Å². The van der Waals surface area contributed by atoms with Gasteiger partial charge in [0.2, 0.25) is 0 Å². The molecule has 1 unspecified atom stereocenters. The van der Waals surface area contributed by atoms with Crippen molar-refractivity contribution in [2.45, 2.75) is 18.9 Å². The monoisotopic (exact) mass is 397 g/mol. The smallest absolute Gasteiger partial charge is 0.147 e. The molecule has 1 aromatic heterocycles. The topological polar surface area (TPSA) is 41.3 Å². The highest BCUT2D eigenvalue weighted by Gasteiger charge is 2.34. The molecular formula is C26H27N3O. The van der Waals surface area contributed by atoms with Gasteiger partial charge in [0.05, 0.1) is 12.2 Å². The zero-order valence-electron chi connectivity index (χ0n) is 17.4. The van der Waals surface area contributed by atoms with Gasteiger partial charge in [-0.25, -0.2) is 4.98 Å². The van der Waals surface area contributed by atoms with Crippen LogP contribution < -0.4 is 4.90 Å². The van der Waals surface area contributed by atoms with Crippen LogP contribution in [0.5, 0.6) is 0 Å². The van der Waals surface area contributed by atoms with Gasteiger partial charge in [-0.15, -0.1) is 0 Å². The van der Waals surface area contributed by atoms with Crippen LogP contribution in [0.25, 0.3) is 16.8 Å². The van der Waals surface area contributed by atoms with Gasteiger partial charge in [0.25, 0.3) is 0 Å². The predicted octanol–water partition coefficient (Wildman–Crippen LogP) is 5.27. The van der Waals surface area contributed by atoms with Crippen molar-refractivity contribution in [3.63, 3.8) is 0 Å². The lowest BCUT2D eigenvalue weighted by atomic mass is 9.97. The fraction of sp³-hybridized carbons (Fsp3) is 0.192. The van der Waals surface area contributed by atoms with E-state index in [0.717, 1.165) is 22.5 Å². The van der Waals surface area contributed by atoms with E-state index in [4.69, 9.17) is 0 Å². The summed E-state index contributed by atoms with van der Waals surface area (Å²) in [5.74, 6) is 0.649. The number of nitrogens with zero attached hydrogens (tertiary/aromatic N) is 3. The first kappa shape index (κ1) is 19.9. The third kappa shape index (κ3) is 3.87. The minimum absolute atomic E-state index is 0.442. The van der Waals surface area contributed by atoms with E-state index >= 15 is 0 Å². The van der Waals surface area contributed by atoms with Crippen LogP contribution in [0.3, 0.4) is 0 Å². The van der Waals surface area contributed by atoms with Crippen LogP contribution in [0.15, 0.2) is 97.3 Å². The number of anilines is 1. The molecule has 1 atom stereocenters. The van der Waals surface area contributed by atoms with Crippen LogP contribution >= 0.6 is 0 Å². The van der Waals surface area contributed by atoms with Crippen molar-refractivity contribution in [2.24, 2.45) is 0 Å². The summed E-state index contributed by atoms with van der Waals surface area (Å²) in [5, 5.41) is 11.7. The maximum absolute atomic E-state index is 11.7. The Morgan fingerprint density at radius 3 is 2.23 bits per heavy atom. The summed E-state index contributed by atoms with van der Waals surface area (Å²) in [5.41, 5.74) is 3.21. The molecule has 4 rings (SSSR count). The molecule has 4 aromatic rings. The van der Waals surface area contributed by atoms with Crippen LogP contribution in [0.2, 0.25) is 0 Å². The van der Waals surface area contributed by atoms with E-state index in [9.17, 15) is 5.11 Å². The normalized spacial score (nSPS) is 13.0. The Labute approximate surface area is 178 Å². The van der Waals surface area contributed by atoms with Gasteiger partial charge >= 0.3 is 0 Å². The van der Waals surface area contributed by atoms with E-state index in [1.807, 2.05) is 85.4 Å². The van der Waals surface area contributed by atoms with Gasteiger partial charge in [0, 0.05) is 30.7 Å². The Morgan fingerprint density at radius 2 is 1.53 bits per heavy atom. The van der Waals surface area contributed by atoms with E-state index in [1.54, 1.807) is 6.20 Å². The summed E-state index contributed by atoms with van der Waals surface area (Å²) >= 11 is 0. The molecule has 0 aliphatic heterocycles. The fourth-order valence-electron chi connectivity index (χ4n) is 3.89. The highest BCUT2D eigenvalue weighted by Crippen LogP contribution is 2.32. The van der Waals surface area contributed by atoms with E-state index in [-0.39, 0.29) is 0 Å². The Balaban J connectivity index is 1.74. The molecular weight excluding hydrogens is 370 g/mol. The average Bonchev–Trinajstić information content (AvgIpc) is 3.31. The molecule has 4 heteroatoms. The number of aromatic nitrogens is 2. The largest absolute Gasteiger partial charge is 0.380 e. The Bertz CT molecular complexity index is 1090. The summed E-state index contributed by atoms with van der Waals surface area (Å²) in [7, 11) is 2.00. The van der Waals surface area contributed by atoms with Gasteiger partial charge in [-0.2, -0.15) is 0 Å². The lowest BCUT2D eigenvalue weighted by molar-refractivity contribution is 0.0303. The molecule has 1 N–H and O–H groups in total. The molecule has 0 spiro atoms. The fourth-order valence-corrected chi connectivity index (χ4v) is 3.89. The number of benzene rings is 3. The van der Waals surface area contributed by atoms with Crippen molar-refractivity contribution in [1.29, 1.82) is 0 Å². The summed E-state index contributed by atoms with van der Waals surface area (Å²) < 4.78 is 2.02. The quantitative estimate of drug-likeness (QED) is 0.462. The van der Waals surface area contributed by atoms with Crippen molar-refractivity contribution >= 4 is 5.69 Å². The van der Waals surface area contributed by atoms with Crippen molar-refractivity contribution in [3.8, 4) is 16.8 Å². The van der Waals surface area contributed by atoms with Gasteiger partial charge in [0.1, 0.15) is 11.4 Å². The summed E-state index contributed by atoms with van der Waals surface area (Å²) in [6.07, 6.45) is 4.25. The predicted molar refractivity (Wildman–Crippen MR) is 123 cm³/mol. The minimum atomic E-state index is -1.10. The molecule has 0 fully saturated rings. The lowest BCUT2D eigenvalue weighted by Crippen LogP contribution is -2.41. The van der Waals surface area contributed by atoms with E-state index < -0.39 is 5.60 Å². The Morgan fingerprint density at radius 1 is 0.900 bits per heavy atom. The molecule has 0 aliphatic rings. The standard InChI is InChI=1S/C26H27N3O/c1-3-26(30,20-28(2)22-14-8-5-9-15-22)25-27-18-19-29(25)24-17-11-10-16-23(24)21-12-6-4-7-13-21/h4-19,30H,3,20H2,1-2H3. The second-order valence-electron chi connectivity index (χ2n) is 7.58. The van der Waals surface area contributed by atoms with Crippen LogP contribution in [-0.2, 0) is 5.60 Å². The maximum Gasteiger partial charge on any atom is 0.147 e. The third-order valence-corrected chi connectivity index (χ3v) is 5.59. The molecule has 0 bridgehead atoms. The zero-order valence-corrected chi connectivity index (χ0v) is 17.4.